The van der Waals surface area contributed by atoms with Crippen LogP contribution in [0.5, 0.6) is 5.75 Å². The number of nitrogens with two attached hydrogens (primary N) is 1. The van der Waals surface area contributed by atoms with Crippen LogP contribution < -0.4 is 15.8 Å². The molecule has 0 fully saturated rings. The maximum atomic E-state index is 11.7. The van der Waals surface area contributed by atoms with E-state index in [4.69, 9.17) is 15.2 Å². The number of nitrogens with zero attached hydrogens (tertiary/aromatic N) is 1. The molecule has 1 aromatic carbocycles. The number of hydrogen-bond acceptors (Lipinski definition) is 6. The number of hydrogen-bond donors (Lipinski definition) is 2. The zero-order valence-electron chi connectivity index (χ0n) is 10.9. The van der Waals surface area contributed by atoms with Crippen LogP contribution in [0.1, 0.15) is 6.92 Å². The fourth-order valence-corrected chi connectivity index (χ4v) is 2.48. The van der Waals surface area contributed by atoms with Gasteiger partial charge in [-0.1, -0.05) is 11.3 Å². The normalized spacial score (nSPS) is 12.4. The number of anilines is 2. The number of amides is 1. The standard InChI is InChI=1S/C12H15N3O3S/c1-6(17-2)11(16)15-12-14-10-8(18-3)4-7(13)5-9(10)19-12/h4-6H,13H2,1-3H3,(H,14,15,16). The third kappa shape index (κ3) is 2.77. The van der Waals surface area contributed by atoms with E-state index in [2.05, 4.69) is 10.3 Å². The maximum absolute atomic E-state index is 11.7. The summed E-state index contributed by atoms with van der Waals surface area (Å²) in [6, 6.07) is 3.50. The first kappa shape index (κ1) is 13.6. The Morgan fingerprint density at radius 1 is 1.47 bits per heavy atom. The van der Waals surface area contributed by atoms with Crippen molar-refractivity contribution in [1.82, 2.24) is 4.98 Å². The molecular formula is C12H15N3O3S. The summed E-state index contributed by atoms with van der Waals surface area (Å²) in [6.07, 6.45) is -0.529. The number of fused-ring (bicyclic) bond motifs is 1. The summed E-state index contributed by atoms with van der Waals surface area (Å²) in [5, 5.41) is 3.19. The lowest BCUT2D eigenvalue weighted by atomic mass is 10.3. The van der Waals surface area contributed by atoms with Crippen LogP contribution in [-0.4, -0.2) is 31.2 Å². The van der Waals surface area contributed by atoms with Crippen LogP contribution >= 0.6 is 11.3 Å². The second-order valence-electron chi connectivity index (χ2n) is 3.96. The second kappa shape index (κ2) is 5.41. The van der Waals surface area contributed by atoms with Gasteiger partial charge < -0.3 is 15.2 Å². The van der Waals surface area contributed by atoms with E-state index in [1.54, 1.807) is 26.2 Å². The average Bonchev–Trinajstić information content (AvgIpc) is 2.78. The fraction of sp³-hybridized carbons (Fsp3) is 0.333. The van der Waals surface area contributed by atoms with Crippen LogP contribution in [0.25, 0.3) is 10.2 Å². The third-order valence-electron chi connectivity index (χ3n) is 2.66. The molecule has 6 nitrogen and oxygen atoms in total. The molecule has 0 aliphatic heterocycles. The van der Waals surface area contributed by atoms with Gasteiger partial charge in [-0.15, -0.1) is 0 Å². The molecule has 1 atom stereocenters. The molecule has 0 saturated heterocycles. The minimum Gasteiger partial charge on any atom is -0.494 e. The third-order valence-corrected chi connectivity index (χ3v) is 3.57. The van der Waals surface area contributed by atoms with Crippen LogP contribution in [-0.2, 0) is 9.53 Å². The van der Waals surface area contributed by atoms with Crippen LogP contribution in [0.15, 0.2) is 12.1 Å². The number of benzene rings is 1. The first-order valence-electron chi connectivity index (χ1n) is 5.63. The van der Waals surface area contributed by atoms with Crippen molar-refractivity contribution in [3.8, 4) is 5.75 Å². The number of ether oxygens (including phenoxy) is 2. The molecule has 7 heteroatoms. The van der Waals surface area contributed by atoms with Crippen LogP contribution in [0, 0.1) is 0 Å². The van der Waals surface area contributed by atoms with Gasteiger partial charge >= 0.3 is 0 Å². The van der Waals surface area contributed by atoms with Gasteiger partial charge in [-0.3, -0.25) is 10.1 Å². The smallest absolute Gasteiger partial charge is 0.254 e. The second-order valence-corrected chi connectivity index (χ2v) is 4.99. The van der Waals surface area contributed by atoms with Gasteiger partial charge in [0.05, 0.1) is 11.8 Å². The van der Waals surface area contributed by atoms with Crippen molar-refractivity contribution < 1.29 is 14.3 Å². The summed E-state index contributed by atoms with van der Waals surface area (Å²) in [6.45, 7) is 1.67. The molecule has 19 heavy (non-hydrogen) atoms. The molecule has 2 rings (SSSR count). The lowest BCUT2D eigenvalue weighted by Crippen LogP contribution is -2.26. The van der Waals surface area contributed by atoms with Gasteiger partial charge in [0, 0.05) is 18.9 Å². The molecule has 0 bridgehead atoms. The monoisotopic (exact) mass is 281 g/mol. The number of carbonyl (C=O) groups is 1. The Kier molecular flexibility index (Phi) is 3.87. The Morgan fingerprint density at radius 3 is 2.84 bits per heavy atom. The van der Waals surface area contributed by atoms with Crippen molar-refractivity contribution in [1.29, 1.82) is 0 Å². The van der Waals surface area contributed by atoms with E-state index >= 15 is 0 Å². The number of rotatable bonds is 4. The molecule has 1 unspecified atom stereocenters. The van der Waals surface area contributed by atoms with Crippen molar-refractivity contribution in [2.24, 2.45) is 0 Å². The van der Waals surface area contributed by atoms with Crippen LogP contribution in [0.4, 0.5) is 10.8 Å². The van der Waals surface area contributed by atoms with Crippen LogP contribution in [0.3, 0.4) is 0 Å². The number of nitrogens with one attached hydrogen (secondary N) is 1. The Morgan fingerprint density at radius 2 is 2.21 bits per heavy atom. The topological polar surface area (TPSA) is 86.5 Å². The van der Waals surface area contributed by atoms with Crippen LogP contribution in [0.2, 0.25) is 0 Å². The first-order chi connectivity index (χ1) is 9.05. The molecule has 0 aliphatic rings. The van der Waals surface area contributed by atoms with E-state index in [1.165, 1.54) is 18.4 Å². The van der Waals surface area contributed by atoms with Crippen molar-refractivity contribution in [3.05, 3.63) is 12.1 Å². The Hall–Kier alpha value is -1.86. The molecule has 0 spiro atoms. The summed E-state index contributed by atoms with van der Waals surface area (Å²) in [5.41, 5.74) is 7.05. The van der Waals surface area contributed by atoms with Gasteiger partial charge in [0.25, 0.3) is 5.91 Å². The lowest BCUT2D eigenvalue weighted by Gasteiger charge is -2.07. The Bertz CT molecular complexity index is 612. The quantitative estimate of drug-likeness (QED) is 0.835. The number of aromatic nitrogens is 1. The van der Waals surface area contributed by atoms with E-state index in [0.29, 0.717) is 22.1 Å². The van der Waals surface area contributed by atoms with Gasteiger partial charge in [-0.05, 0) is 13.0 Å². The maximum Gasteiger partial charge on any atom is 0.254 e. The van der Waals surface area contributed by atoms with E-state index in [9.17, 15) is 4.79 Å². The van der Waals surface area contributed by atoms with E-state index in [1.807, 2.05) is 0 Å². The summed E-state index contributed by atoms with van der Waals surface area (Å²) in [5.74, 6) is 0.347. The van der Waals surface area contributed by atoms with E-state index < -0.39 is 6.10 Å². The predicted octanol–water partition coefficient (Wildman–Crippen LogP) is 1.86. The molecule has 1 amide bonds. The van der Waals surface area contributed by atoms with Gasteiger partial charge in [0.15, 0.2) is 5.13 Å². The molecule has 102 valence electrons. The Labute approximate surface area is 114 Å². The predicted molar refractivity (Wildman–Crippen MR) is 75.7 cm³/mol. The number of nitrogen functional groups attached to an aromatic ring is 1. The number of methoxy groups -OCH3 is 2. The largest absolute Gasteiger partial charge is 0.494 e. The van der Waals surface area contributed by atoms with Gasteiger partial charge in [-0.25, -0.2) is 4.98 Å². The number of carbonyl (C=O) groups excluding carboxylic acids is 1. The van der Waals surface area contributed by atoms with E-state index in [0.717, 1.165) is 4.70 Å². The van der Waals surface area contributed by atoms with Gasteiger partial charge in [0.2, 0.25) is 0 Å². The molecule has 1 aromatic heterocycles. The summed E-state index contributed by atoms with van der Waals surface area (Å²) in [4.78, 5) is 16.0. The highest BCUT2D eigenvalue weighted by Gasteiger charge is 2.15. The summed E-state index contributed by atoms with van der Waals surface area (Å²) < 4.78 is 11.0. The van der Waals surface area contributed by atoms with Gasteiger partial charge in [0.1, 0.15) is 17.4 Å². The molecule has 0 radical (unpaired) electrons. The highest BCUT2D eigenvalue weighted by molar-refractivity contribution is 7.22. The molecule has 3 N–H and O–H groups in total. The fourth-order valence-electron chi connectivity index (χ4n) is 1.54. The molecule has 0 aliphatic carbocycles. The van der Waals surface area contributed by atoms with Crippen molar-refractivity contribution >= 4 is 38.3 Å². The highest BCUT2D eigenvalue weighted by atomic mass is 32.1. The van der Waals surface area contributed by atoms with Gasteiger partial charge in [-0.2, -0.15) is 0 Å². The zero-order chi connectivity index (χ0) is 14.0. The molecular weight excluding hydrogens is 266 g/mol. The van der Waals surface area contributed by atoms with E-state index in [-0.39, 0.29) is 5.91 Å². The summed E-state index contributed by atoms with van der Waals surface area (Å²) in [7, 11) is 3.03. The molecule has 2 aromatic rings. The lowest BCUT2D eigenvalue weighted by molar-refractivity contribution is -0.124. The molecule has 1 heterocycles. The van der Waals surface area contributed by atoms with Crippen molar-refractivity contribution in [3.63, 3.8) is 0 Å². The highest BCUT2D eigenvalue weighted by Crippen LogP contribution is 2.34. The zero-order valence-corrected chi connectivity index (χ0v) is 11.7. The average molecular weight is 281 g/mol. The summed E-state index contributed by atoms with van der Waals surface area (Å²) >= 11 is 1.34. The Balaban J connectivity index is 2.34. The SMILES string of the molecule is COc1cc(N)cc2sc(NC(=O)C(C)OC)nc12. The minimum atomic E-state index is -0.529. The minimum absolute atomic E-state index is 0.242. The van der Waals surface area contributed by atoms with Crippen molar-refractivity contribution in [2.45, 2.75) is 13.0 Å². The van der Waals surface area contributed by atoms with Crippen molar-refractivity contribution in [2.75, 3.05) is 25.3 Å². The first-order valence-corrected chi connectivity index (χ1v) is 6.44. The number of thiazole rings is 1. The molecule has 0 saturated carbocycles.